The number of amides is 2. The van der Waals surface area contributed by atoms with E-state index in [1.165, 1.54) is 0 Å². The second-order valence-electron chi connectivity index (χ2n) is 3.68. The lowest BCUT2D eigenvalue weighted by molar-refractivity contribution is 0.00617. The third-order valence-electron chi connectivity index (χ3n) is 2.51. The number of carbonyl (C=O) groups is 1. The summed E-state index contributed by atoms with van der Waals surface area (Å²) in [6.45, 7) is 0.367. The number of hydrogen-bond acceptors (Lipinski definition) is 3. The molecular formula is C9H17ClN2O3. The van der Waals surface area contributed by atoms with Crippen LogP contribution in [0.5, 0.6) is 0 Å². The normalized spacial score (nSPS) is 31.0. The first-order valence-electron chi connectivity index (χ1n) is 5.11. The van der Waals surface area contributed by atoms with Crippen LogP contribution in [-0.4, -0.2) is 46.9 Å². The average molecular weight is 237 g/mol. The minimum Gasteiger partial charge on any atom is -0.391 e. The van der Waals surface area contributed by atoms with Gasteiger partial charge in [-0.15, -0.1) is 11.6 Å². The minimum atomic E-state index is -0.671. The lowest BCUT2D eigenvalue weighted by Gasteiger charge is -2.32. The molecule has 3 atom stereocenters. The van der Waals surface area contributed by atoms with E-state index >= 15 is 0 Å². The number of nitrogens with one attached hydrogen (secondary N) is 2. The third-order valence-corrected chi connectivity index (χ3v) is 2.70. The van der Waals surface area contributed by atoms with E-state index in [1.54, 1.807) is 0 Å². The first-order valence-corrected chi connectivity index (χ1v) is 5.65. The van der Waals surface area contributed by atoms with E-state index in [2.05, 4.69) is 10.6 Å². The molecule has 0 saturated heterocycles. The number of carbonyl (C=O) groups excluding carboxylic acids is 1. The van der Waals surface area contributed by atoms with Gasteiger partial charge >= 0.3 is 6.03 Å². The molecule has 0 aromatic rings. The largest absolute Gasteiger partial charge is 0.391 e. The predicted molar refractivity (Wildman–Crippen MR) is 56.9 cm³/mol. The molecule has 0 radical (unpaired) electrons. The fraction of sp³-hybridized carbons (Fsp3) is 0.889. The predicted octanol–water partition coefficient (Wildman–Crippen LogP) is -0.201. The molecule has 0 aliphatic heterocycles. The summed E-state index contributed by atoms with van der Waals surface area (Å²) < 4.78 is 0. The van der Waals surface area contributed by atoms with Gasteiger partial charge < -0.3 is 20.8 Å². The van der Waals surface area contributed by atoms with E-state index in [4.69, 9.17) is 11.6 Å². The van der Waals surface area contributed by atoms with Gasteiger partial charge in [0.25, 0.3) is 0 Å². The highest BCUT2D eigenvalue weighted by molar-refractivity contribution is 6.18. The van der Waals surface area contributed by atoms with E-state index in [0.29, 0.717) is 25.3 Å². The molecule has 2 amide bonds. The molecule has 4 N–H and O–H groups in total. The van der Waals surface area contributed by atoms with Crippen molar-refractivity contribution in [3.05, 3.63) is 0 Å². The Morgan fingerprint density at radius 1 is 1.33 bits per heavy atom. The maximum atomic E-state index is 11.3. The first-order chi connectivity index (χ1) is 7.15. The summed E-state index contributed by atoms with van der Waals surface area (Å²) in [6.07, 6.45) is 0.657. The molecule has 0 bridgehead atoms. The van der Waals surface area contributed by atoms with Crippen molar-refractivity contribution < 1.29 is 15.0 Å². The molecule has 0 heterocycles. The van der Waals surface area contributed by atoms with E-state index in [-0.39, 0.29) is 0 Å². The fourth-order valence-electron chi connectivity index (χ4n) is 1.71. The number of aliphatic hydroxyl groups is 2. The summed E-state index contributed by atoms with van der Waals surface area (Å²) in [5.41, 5.74) is 0. The van der Waals surface area contributed by atoms with Crippen molar-refractivity contribution in [1.82, 2.24) is 10.6 Å². The summed E-state index contributed by atoms with van der Waals surface area (Å²) in [6, 6.07) is -0.977. The van der Waals surface area contributed by atoms with Crippen LogP contribution in [-0.2, 0) is 0 Å². The van der Waals surface area contributed by atoms with Gasteiger partial charge in [0, 0.05) is 12.4 Å². The number of rotatable bonds is 3. The van der Waals surface area contributed by atoms with Gasteiger partial charge in [0.2, 0.25) is 0 Å². The Morgan fingerprint density at radius 2 is 1.93 bits per heavy atom. The van der Waals surface area contributed by atoms with Crippen molar-refractivity contribution in [2.45, 2.75) is 37.5 Å². The summed E-state index contributed by atoms with van der Waals surface area (Å²) in [7, 11) is 0. The second-order valence-corrected chi connectivity index (χ2v) is 4.06. The molecule has 1 saturated carbocycles. The van der Waals surface area contributed by atoms with Gasteiger partial charge in [-0.2, -0.15) is 0 Å². The first kappa shape index (κ1) is 12.5. The van der Waals surface area contributed by atoms with Crippen molar-refractivity contribution in [2.75, 3.05) is 12.4 Å². The molecule has 1 fully saturated rings. The number of hydrogen-bond donors (Lipinski definition) is 4. The standard InChI is InChI=1S/C9H17ClN2O3/c10-4-5-11-9(15)12-8-6(13)2-1-3-7(8)14/h6-8,13-14H,1-5H2,(H2,11,12,15)/t6-,7+,8?. The quantitative estimate of drug-likeness (QED) is 0.513. The molecule has 0 aromatic heterocycles. The third kappa shape index (κ3) is 3.85. The maximum absolute atomic E-state index is 11.3. The Labute approximate surface area is 93.8 Å². The van der Waals surface area contributed by atoms with Crippen molar-refractivity contribution >= 4 is 17.6 Å². The monoisotopic (exact) mass is 236 g/mol. The van der Waals surface area contributed by atoms with Gasteiger partial charge in [0.1, 0.15) is 0 Å². The van der Waals surface area contributed by atoms with Gasteiger partial charge in [0.15, 0.2) is 0 Å². The fourth-order valence-corrected chi connectivity index (χ4v) is 1.80. The molecule has 1 aliphatic carbocycles. The van der Waals surface area contributed by atoms with E-state index < -0.39 is 24.3 Å². The Morgan fingerprint density at radius 3 is 2.47 bits per heavy atom. The maximum Gasteiger partial charge on any atom is 0.315 e. The van der Waals surface area contributed by atoms with Crippen LogP contribution in [0.15, 0.2) is 0 Å². The number of alkyl halides is 1. The highest BCUT2D eigenvalue weighted by Gasteiger charge is 2.31. The van der Waals surface area contributed by atoms with Crippen LogP contribution in [0, 0.1) is 0 Å². The van der Waals surface area contributed by atoms with Crippen LogP contribution in [0.3, 0.4) is 0 Å². The van der Waals surface area contributed by atoms with Crippen molar-refractivity contribution in [3.8, 4) is 0 Å². The summed E-state index contributed by atoms with van der Waals surface area (Å²) >= 11 is 5.40. The smallest absolute Gasteiger partial charge is 0.315 e. The van der Waals surface area contributed by atoms with Crippen LogP contribution in [0.25, 0.3) is 0 Å². The van der Waals surface area contributed by atoms with Gasteiger partial charge in [-0.3, -0.25) is 0 Å². The van der Waals surface area contributed by atoms with Crippen LogP contribution in [0.1, 0.15) is 19.3 Å². The highest BCUT2D eigenvalue weighted by atomic mass is 35.5. The van der Waals surface area contributed by atoms with Crippen LogP contribution >= 0.6 is 11.6 Å². The van der Waals surface area contributed by atoms with Gasteiger partial charge in [-0.1, -0.05) is 0 Å². The van der Waals surface area contributed by atoms with Crippen molar-refractivity contribution in [2.24, 2.45) is 0 Å². The molecule has 1 unspecified atom stereocenters. The summed E-state index contributed by atoms with van der Waals surface area (Å²) in [5, 5.41) is 24.2. The summed E-state index contributed by atoms with van der Waals surface area (Å²) in [5.74, 6) is 0.337. The van der Waals surface area contributed by atoms with E-state index in [9.17, 15) is 15.0 Å². The SMILES string of the molecule is O=C(NCCCl)NC1[C@H](O)CCC[C@@H]1O. The van der Waals surface area contributed by atoms with E-state index in [0.717, 1.165) is 6.42 Å². The zero-order valence-corrected chi connectivity index (χ0v) is 9.20. The Balaban J connectivity index is 2.37. The number of urea groups is 1. The minimum absolute atomic E-state index is 0.337. The molecule has 88 valence electrons. The van der Waals surface area contributed by atoms with Gasteiger partial charge in [-0.25, -0.2) is 4.79 Å². The Kier molecular flexibility index (Phi) is 5.14. The molecule has 0 aromatic carbocycles. The Hall–Kier alpha value is -0.520. The second kappa shape index (κ2) is 6.15. The number of halogens is 1. The molecule has 1 rings (SSSR count). The number of aliphatic hydroxyl groups excluding tert-OH is 2. The molecule has 6 heteroatoms. The lowest BCUT2D eigenvalue weighted by Crippen LogP contribution is -2.55. The van der Waals surface area contributed by atoms with Crippen LogP contribution < -0.4 is 10.6 Å². The molecular weight excluding hydrogens is 220 g/mol. The van der Waals surface area contributed by atoms with Crippen LogP contribution in [0.4, 0.5) is 4.79 Å². The molecule has 1 aliphatic rings. The highest BCUT2D eigenvalue weighted by Crippen LogP contribution is 2.18. The molecule has 15 heavy (non-hydrogen) atoms. The van der Waals surface area contributed by atoms with Gasteiger partial charge in [-0.05, 0) is 19.3 Å². The zero-order valence-electron chi connectivity index (χ0n) is 8.45. The van der Waals surface area contributed by atoms with Gasteiger partial charge in [0.05, 0.1) is 18.2 Å². The Bertz CT molecular complexity index is 206. The zero-order chi connectivity index (χ0) is 11.3. The van der Waals surface area contributed by atoms with Crippen molar-refractivity contribution in [1.29, 1.82) is 0 Å². The topological polar surface area (TPSA) is 81.6 Å². The van der Waals surface area contributed by atoms with Crippen molar-refractivity contribution in [3.63, 3.8) is 0 Å². The van der Waals surface area contributed by atoms with E-state index in [1.807, 2.05) is 0 Å². The molecule has 0 spiro atoms. The lowest BCUT2D eigenvalue weighted by atomic mass is 9.90. The summed E-state index contributed by atoms with van der Waals surface area (Å²) in [4.78, 5) is 11.3. The van der Waals surface area contributed by atoms with Crippen LogP contribution in [0.2, 0.25) is 0 Å². The molecule has 5 nitrogen and oxygen atoms in total. The average Bonchev–Trinajstić information content (AvgIpc) is 2.21.